The van der Waals surface area contributed by atoms with Crippen molar-refractivity contribution in [2.24, 2.45) is 0 Å². The van der Waals surface area contributed by atoms with Crippen molar-refractivity contribution in [1.82, 2.24) is 5.32 Å². The monoisotopic (exact) mass is 299 g/mol. The smallest absolute Gasteiger partial charge is 0.123 e. The van der Waals surface area contributed by atoms with Crippen molar-refractivity contribution in [2.75, 3.05) is 7.05 Å². The molecule has 1 aromatic heterocycles. The second kappa shape index (κ2) is 5.96. The maximum absolute atomic E-state index is 13.5. The lowest BCUT2D eigenvalue weighted by Crippen LogP contribution is -2.20. The molecule has 1 atom stereocenters. The SMILES string of the molecule is CNC(Cc1csc2ccccc12)c1cc(F)ccc1C. The second-order valence-corrected chi connectivity index (χ2v) is 6.21. The molecule has 0 radical (unpaired) electrons. The number of benzene rings is 2. The van der Waals surface area contributed by atoms with Crippen LogP contribution < -0.4 is 5.32 Å². The van der Waals surface area contributed by atoms with Gasteiger partial charge in [-0.05, 0) is 66.0 Å². The molecular formula is C18H18FNS. The van der Waals surface area contributed by atoms with E-state index in [0.717, 1.165) is 17.5 Å². The molecule has 0 spiro atoms. The molecule has 0 fully saturated rings. The van der Waals surface area contributed by atoms with Gasteiger partial charge >= 0.3 is 0 Å². The van der Waals surface area contributed by atoms with Crippen LogP contribution in [0.3, 0.4) is 0 Å². The van der Waals surface area contributed by atoms with Gasteiger partial charge in [0.05, 0.1) is 0 Å². The van der Waals surface area contributed by atoms with Crippen LogP contribution in [0.4, 0.5) is 4.39 Å². The lowest BCUT2D eigenvalue weighted by Gasteiger charge is -2.19. The predicted octanol–water partition coefficient (Wildman–Crippen LogP) is 4.85. The van der Waals surface area contributed by atoms with E-state index >= 15 is 0 Å². The van der Waals surface area contributed by atoms with Gasteiger partial charge in [-0.1, -0.05) is 24.3 Å². The van der Waals surface area contributed by atoms with Crippen molar-refractivity contribution < 1.29 is 4.39 Å². The maximum Gasteiger partial charge on any atom is 0.123 e. The van der Waals surface area contributed by atoms with E-state index in [1.165, 1.54) is 21.7 Å². The minimum atomic E-state index is -0.175. The lowest BCUT2D eigenvalue weighted by atomic mass is 9.95. The number of hydrogen-bond donors (Lipinski definition) is 1. The molecule has 0 saturated carbocycles. The number of aryl methyl sites for hydroxylation is 1. The molecule has 1 N–H and O–H groups in total. The van der Waals surface area contributed by atoms with Crippen molar-refractivity contribution in [3.63, 3.8) is 0 Å². The number of fused-ring (bicyclic) bond motifs is 1. The first-order chi connectivity index (χ1) is 10.2. The van der Waals surface area contributed by atoms with Gasteiger partial charge in [0, 0.05) is 10.7 Å². The maximum atomic E-state index is 13.5. The summed E-state index contributed by atoms with van der Waals surface area (Å²) in [6, 6.07) is 13.6. The summed E-state index contributed by atoms with van der Waals surface area (Å²) in [6.07, 6.45) is 0.866. The zero-order valence-electron chi connectivity index (χ0n) is 12.2. The van der Waals surface area contributed by atoms with Crippen molar-refractivity contribution in [3.05, 3.63) is 70.4 Å². The minimum absolute atomic E-state index is 0.124. The first-order valence-corrected chi connectivity index (χ1v) is 7.95. The molecule has 0 bridgehead atoms. The Labute approximate surface area is 128 Å². The molecular weight excluding hydrogens is 281 g/mol. The quantitative estimate of drug-likeness (QED) is 0.726. The molecule has 1 heterocycles. The van der Waals surface area contributed by atoms with Gasteiger partial charge in [0.25, 0.3) is 0 Å². The van der Waals surface area contributed by atoms with Gasteiger partial charge in [-0.2, -0.15) is 0 Å². The highest BCUT2D eigenvalue weighted by Gasteiger charge is 2.15. The van der Waals surface area contributed by atoms with Crippen LogP contribution in [0.25, 0.3) is 10.1 Å². The van der Waals surface area contributed by atoms with E-state index < -0.39 is 0 Å². The Bertz CT molecular complexity index is 763. The Morgan fingerprint density at radius 2 is 2.00 bits per heavy atom. The molecule has 0 aliphatic heterocycles. The van der Waals surface area contributed by atoms with Crippen LogP contribution in [-0.4, -0.2) is 7.05 Å². The highest BCUT2D eigenvalue weighted by molar-refractivity contribution is 7.17. The van der Waals surface area contributed by atoms with Gasteiger partial charge in [-0.25, -0.2) is 4.39 Å². The summed E-state index contributed by atoms with van der Waals surface area (Å²) in [5.41, 5.74) is 3.47. The van der Waals surface area contributed by atoms with Gasteiger partial charge in [-0.15, -0.1) is 11.3 Å². The van der Waals surface area contributed by atoms with Gasteiger partial charge in [-0.3, -0.25) is 0 Å². The van der Waals surface area contributed by atoms with Crippen molar-refractivity contribution in [1.29, 1.82) is 0 Å². The molecule has 3 aromatic rings. The van der Waals surface area contributed by atoms with E-state index in [9.17, 15) is 4.39 Å². The summed E-state index contributed by atoms with van der Waals surface area (Å²) < 4.78 is 14.9. The number of rotatable bonds is 4. The topological polar surface area (TPSA) is 12.0 Å². The van der Waals surface area contributed by atoms with E-state index in [1.807, 2.05) is 20.0 Å². The fourth-order valence-electron chi connectivity index (χ4n) is 2.77. The number of thiophene rings is 1. The molecule has 1 unspecified atom stereocenters. The Balaban J connectivity index is 1.96. The van der Waals surface area contributed by atoms with Crippen LogP contribution in [0.5, 0.6) is 0 Å². The van der Waals surface area contributed by atoms with Crippen LogP contribution in [0.15, 0.2) is 47.8 Å². The lowest BCUT2D eigenvalue weighted by molar-refractivity contribution is 0.576. The molecule has 0 amide bonds. The van der Waals surface area contributed by atoms with Crippen molar-refractivity contribution in [3.8, 4) is 0 Å². The molecule has 0 aliphatic carbocycles. The van der Waals surface area contributed by atoms with Crippen molar-refractivity contribution in [2.45, 2.75) is 19.4 Å². The Morgan fingerprint density at radius 3 is 2.81 bits per heavy atom. The molecule has 108 valence electrons. The third-order valence-electron chi connectivity index (χ3n) is 3.95. The summed E-state index contributed by atoms with van der Waals surface area (Å²) in [4.78, 5) is 0. The zero-order valence-corrected chi connectivity index (χ0v) is 13.0. The minimum Gasteiger partial charge on any atom is -0.313 e. The normalized spacial score (nSPS) is 12.7. The van der Waals surface area contributed by atoms with Gasteiger partial charge < -0.3 is 5.32 Å². The van der Waals surface area contributed by atoms with Crippen LogP contribution >= 0.6 is 11.3 Å². The first-order valence-electron chi connectivity index (χ1n) is 7.07. The fourth-order valence-corrected chi connectivity index (χ4v) is 3.74. The third-order valence-corrected chi connectivity index (χ3v) is 4.96. The standard InChI is InChI=1S/C18H18FNS/c1-12-7-8-14(19)10-16(12)17(20-2)9-13-11-21-18-6-4-3-5-15(13)18/h3-8,10-11,17,20H,9H2,1-2H3. The van der Waals surface area contributed by atoms with Crippen LogP contribution in [0.2, 0.25) is 0 Å². The number of hydrogen-bond acceptors (Lipinski definition) is 2. The molecule has 0 saturated heterocycles. The fraction of sp³-hybridized carbons (Fsp3) is 0.222. The van der Waals surface area contributed by atoms with Crippen LogP contribution in [0.1, 0.15) is 22.7 Å². The van der Waals surface area contributed by atoms with Crippen LogP contribution in [0, 0.1) is 12.7 Å². The Hall–Kier alpha value is -1.71. The zero-order chi connectivity index (χ0) is 14.8. The highest BCUT2D eigenvalue weighted by Crippen LogP contribution is 2.30. The average Bonchev–Trinajstić information content (AvgIpc) is 2.91. The average molecular weight is 299 g/mol. The Kier molecular flexibility index (Phi) is 4.04. The van der Waals surface area contributed by atoms with Crippen molar-refractivity contribution >= 4 is 21.4 Å². The number of halogens is 1. The molecule has 3 rings (SSSR count). The molecule has 2 aromatic carbocycles. The molecule has 0 aliphatic rings. The van der Waals surface area contributed by atoms with Gasteiger partial charge in [0.1, 0.15) is 5.82 Å². The summed E-state index contributed by atoms with van der Waals surface area (Å²) in [5.74, 6) is -0.175. The Morgan fingerprint density at radius 1 is 1.19 bits per heavy atom. The predicted molar refractivity (Wildman–Crippen MR) is 88.5 cm³/mol. The van der Waals surface area contributed by atoms with Gasteiger partial charge in [0.15, 0.2) is 0 Å². The van der Waals surface area contributed by atoms with E-state index in [4.69, 9.17) is 0 Å². The van der Waals surface area contributed by atoms with E-state index in [2.05, 4.69) is 35.0 Å². The number of likely N-dealkylation sites (N-methyl/N-ethyl adjacent to an activating group) is 1. The third kappa shape index (κ3) is 2.85. The molecule has 1 nitrogen and oxygen atoms in total. The molecule has 21 heavy (non-hydrogen) atoms. The van der Waals surface area contributed by atoms with Crippen LogP contribution in [-0.2, 0) is 6.42 Å². The highest BCUT2D eigenvalue weighted by atomic mass is 32.1. The summed E-state index contributed by atoms with van der Waals surface area (Å²) in [6.45, 7) is 2.03. The number of nitrogens with one attached hydrogen (secondary N) is 1. The van der Waals surface area contributed by atoms with E-state index in [1.54, 1.807) is 17.4 Å². The second-order valence-electron chi connectivity index (χ2n) is 5.30. The first kappa shape index (κ1) is 14.2. The molecule has 3 heteroatoms. The summed E-state index contributed by atoms with van der Waals surface area (Å²) >= 11 is 1.77. The van der Waals surface area contributed by atoms with E-state index in [-0.39, 0.29) is 11.9 Å². The summed E-state index contributed by atoms with van der Waals surface area (Å²) in [5, 5.41) is 6.84. The van der Waals surface area contributed by atoms with E-state index in [0.29, 0.717) is 0 Å². The summed E-state index contributed by atoms with van der Waals surface area (Å²) in [7, 11) is 1.93. The van der Waals surface area contributed by atoms with Gasteiger partial charge in [0.2, 0.25) is 0 Å². The largest absolute Gasteiger partial charge is 0.313 e.